The molecule has 0 saturated heterocycles. The summed E-state index contributed by atoms with van der Waals surface area (Å²) in [5.74, 6) is 0.990. The summed E-state index contributed by atoms with van der Waals surface area (Å²) < 4.78 is 0. The SMILES string of the molecule is CC1\C=C(N[C@@H](C)c2cccc(NC(=O)c3cccnc3)c2)/N=C(c2cn[nH]c2)/C=C/C1. The average Bonchev–Trinajstić information content (AvgIpc) is 3.32. The molecule has 1 aliphatic heterocycles. The lowest BCUT2D eigenvalue weighted by molar-refractivity contribution is 0.102. The van der Waals surface area contributed by atoms with Crippen LogP contribution in [0.4, 0.5) is 5.69 Å². The van der Waals surface area contributed by atoms with E-state index in [1.165, 1.54) is 0 Å². The molecule has 2 aromatic heterocycles. The first kappa shape index (κ1) is 21.2. The van der Waals surface area contributed by atoms with Crippen molar-refractivity contribution in [3.05, 3.63) is 102 Å². The van der Waals surface area contributed by atoms with E-state index in [1.54, 1.807) is 30.7 Å². The number of aromatic amines is 1. The van der Waals surface area contributed by atoms with E-state index < -0.39 is 0 Å². The zero-order valence-electron chi connectivity index (χ0n) is 18.1. The van der Waals surface area contributed by atoms with E-state index in [-0.39, 0.29) is 11.9 Å². The van der Waals surface area contributed by atoms with Crippen LogP contribution in [0.3, 0.4) is 0 Å². The molecule has 0 spiro atoms. The zero-order valence-corrected chi connectivity index (χ0v) is 18.1. The Bertz CT molecular complexity index is 1150. The van der Waals surface area contributed by atoms with Crippen molar-refractivity contribution in [1.82, 2.24) is 20.5 Å². The molecular formula is C25H26N6O. The summed E-state index contributed by atoms with van der Waals surface area (Å²) in [4.78, 5) is 21.3. The van der Waals surface area contributed by atoms with E-state index in [0.29, 0.717) is 11.5 Å². The van der Waals surface area contributed by atoms with Crippen molar-refractivity contribution in [3.63, 3.8) is 0 Å². The first-order valence-corrected chi connectivity index (χ1v) is 10.6. The predicted octanol–water partition coefficient (Wildman–Crippen LogP) is 4.63. The third kappa shape index (κ3) is 5.37. The number of rotatable bonds is 6. The molecule has 2 atom stereocenters. The monoisotopic (exact) mass is 426 g/mol. The Morgan fingerprint density at radius 2 is 2.12 bits per heavy atom. The van der Waals surface area contributed by atoms with Gasteiger partial charge in [0.25, 0.3) is 5.91 Å². The number of aliphatic imine (C=N–C) groups is 1. The number of benzene rings is 1. The van der Waals surface area contributed by atoms with E-state index >= 15 is 0 Å². The molecule has 3 heterocycles. The highest BCUT2D eigenvalue weighted by molar-refractivity contribution is 6.09. The summed E-state index contributed by atoms with van der Waals surface area (Å²) in [6.45, 7) is 4.25. The third-order valence-electron chi connectivity index (χ3n) is 5.19. The Morgan fingerprint density at radius 1 is 1.22 bits per heavy atom. The maximum atomic E-state index is 12.5. The van der Waals surface area contributed by atoms with Gasteiger partial charge in [-0.05, 0) is 61.2 Å². The van der Waals surface area contributed by atoms with Crippen LogP contribution in [0.25, 0.3) is 0 Å². The highest BCUT2D eigenvalue weighted by Crippen LogP contribution is 2.21. The summed E-state index contributed by atoms with van der Waals surface area (Å²) in [5.41, 5.74) is 4.09. The van der Waals surface area contributed by atoms with Crippen LogP contribution >= 0.6 is 0 Å². The molecule has 0 saturated carbocycles. The summed E-state index contributed by atoms with van der Waals surface area (Å²) in [5, 5.41) is 13.3. The molecule has 1 aromatic carbocycles. The van der Waals surface area contributed by atoms with Gasteiger partial charge in [0.2, 0.25) is 0 Å². The van der Waals surface area contributed by atoms with Gasteiger partial charge in [-0.1, -0.05) is 25.1 Å². The number of aromatic nitrogens is 3. The smallest absolute Gasteiger partial charge is 0.257 e. The van der Waals surface area contributed by atoms with Gasteiger partial charge in [-0.3, -0.25) is 14.9 Å². The molecule has 4 rings (SSSR count). The van der Waals surface area contributed by atoms with E-state index in [1.807, 2.05) is 36.5 Å². The van der Waals surface area contributed by atoms with Crippen LogP contribution < -0.4 is 10.6 Å². The number of pyridine rings is 1. The molecule has 7 nitrogen and oxygen atoms in total. The minimum absolute atomic E-state index is 0.0125. The van der Waals surface area contributed by atoms with Gasteiger partial charge in [-0.25, -0.2) is 4.99 Å². The van der Waals surface area contributed by atoms with Crippen molar-refractivity contribution in [3.8, 4) is 0 Å². The zero-order chi connectivity index (χ0) is 22.3. The lowest BCUT2D eigenvalue weighted by Crippen LogP contribution is -2.20. The van der Waals surface area contributed by atoms with Crippen molar-refractivity contribution < 1.29 is 4.79 Å². The van der Waals surface area contributed by atoms with Crippen LogP contribution in [-0.4, -0.2) is 26.8 Å². The van der Waals surface area contributed by atoms with Gasteiger partial charge >= 0.3 is 0 Å². The minimum Gasteiger partial charge on any atom is -0.364 e. The van der Waals surface area contributed by atoms with Gasteiger partial charge in [-0.2, -0.15) is 5.10 Å². The number of carbonyl (C=O) groups is 1. The second kappa shape index (κ2) is 9.87. The van der Waals surface area contributed by atoms with Gasteiger partial charge < -0.3 is 10.6 Å². The largest absolute Gasteiger partial charge is 0.364 e. The van der Waals surface area contributed by atoms with Crippen LogP contribution in [0.5, 0.6) is 0 Å². The van der Waals surface area contributed by atoms with Crippen molar-refractivity contribution in [2.75, 3.05) is 5.32 Å². The van der Waals surface area contributed by atoms with Crippen molar-refractivity contribution in [1.29, 1.82) is 0 Å². The van der Waals surface area contributed by atoms with Gasteiger partial charge in [0.1, 0.15) is 5.82 Å². The van der Waals surface area contributed by atoms with Crippen LogP contribution in [0.2, 0.25) is 0 Å². The minimum atomic E-state index is -0.187. The molecular weight excluding hydrogens is 400 g/mol. The Kier molecular flexibility index (Phi) is 6.55. The third-order valence-corrected chi connectivity index (χ3v) is 5.19. The second-order valence-electron chi connectivity index (χ2n) is 7.84. The number of allylic oxidation sites excluding steroid dienone is 3. The molecule has 1 amide bonds. The second-order valence-corrected chi connectivity index (χ2v) is 7.84. The van der Waals surface area contributed by atoms with Gasteiger partial charge in [0.05, 0.1) is 23.5 Å². The van der Waals surface area contributed by atoms with Crippen molar-refractivity contribution >= 4 is 17.3 Å². The Hall–Kier alpha value is -4.00. The lowest BCUT2D eigenvalue weighted by Gasteiger charge is -2.19. The fourth-order valence-electron chi connectivity index (χ4n) is 3.46. The van der Waals surface area contributed by atoms with E-state index in [0.717, 1.165) is 34.8 Å². The lowest BCUT2D eigenvalue weighted by atomic mass is 10.0. The highest BCUT2D eigenvalue weighted by atomic mass is 16.1. The molecule has 0 aliphatic carbocycles. The maximum Gasteiger partial charge on any atom is 0.257 e. The maximum absolute atomic E-state index is 12.5. The van der Waals surface area contributed by atoms with Gasteiger partial charge in [0.15, 0.2) is 0 Å². The van der Waals surface area contributed by atoms with E-state index in [4.69, 9.17) is 4.99 Å². The number of anilines is 1. The average molecular weight is 427 g/mol. The topological polar surface area (TPSA) is 95.1 Å². The molecule has 32 heavy (non-hydrogen) atoms. The van der Waals surface area contributed by atoms with Gasteiger partial charge in [-0.15, -0.1) is 0 Å². The molecule has 162 valence electrons. The molecule has 0 radical (unpaired) electrons. The Morgan fingerprint density at radius 3 is 2.91 bits per heavy atom. The van der Waals surface area contributed by atoms with Crippen molar-refractivity contribution in [2.24, 2.45) is 10.9 Å². The van der Waals surface area contributed by atoms with Crippen LogP contribution in [0.15, 0.2) is 90.2 Å². The quantitative estimate of drug-likeness (QED) is 0.535. The predicted molar refractivity (Wildman–Crippen MR) is 126 cm³/mol. The Balaban J connectivity index is 1.51. The Labute approximate surface area is 187 Å². The molecule has 0 fully saturated rings. The summed E-state index contributed by atoms with van der Waals surface area (Å²) in [6, 6.07) is 11.3. The highest BCUT2D eigenvalue weighted by Gasteiger charge is 2.13. The molecule has 3 aromatic rings. The van der Waals surface area contributed by atoms with Crippen LogP contribution in [0, 0.1) is 5.92 Å². The number of nitrogens with zero attached hydrogens (tertiary/aromatic N) is 3. The molecule has 7 heteroatoms. The number of nitrogens with one attached hydrogen (secondary N) is 3. The van der Waals surface area contributed by atoms with E-state index in [9.17, 15) is 4.79 Å². The van der Waals surface area contributed by atoms with Crippen molar-refractivity contribution in [2.45, 2.75) is 26.3 Å². The number of amides is 1. The number of hydrogen-bond donors (Lipinski definition) is 3. The molecule has 3 N–H and O–H groups in total. The number of carbonyl (C=O) groups excluding carboxylic acids is 1. The first-order chi connectivity index (χ1) is 15.6. The standard InChI is InChI=1S/C25H26N6O/c1-17-6-3-10-23(21-15-27-28-16-21)31-24(12-17)29-18(2)19-7-4-9-22(13-19)30-25(32)20-8-5-11-26-14-20/h3-5,7-18,29H,6H2,1-2H3,(H,27,28)(H,30,32)/b10-3+,24-12-,31-23-/t17?,18-/m0/s1. The normalized spacial score (nSPS) is 21.1. The fourth-order valence-corrected chi connectivity index (χ4v) is 3.46. The fraction of sp³-hybridized carbons (Fsp3) is 0.200. The van der Waals surface area contributed by atoms with E-state index in [2.05, 4.69) is 51.8 Å². The molecule has 1 aliphatic rings. The molecule has 1 unspecified atom stereocenters. The van der Waals surface area contributed by atoms with Crippen LogP contribution in [0.1, 0.15) is 47.8 Å². The number of hydrogen-bond acceptors (Lipinski definition) is 5. The first-order valence-electron chi connectivity index (χ1n) is 10.6. The van der Waals surface area contributed by atoms with Gasteiger partial charge in [0, 0.05) is 29.8 Å². The van der Waals surface area contributed by atoms with Crippen LogP contribution in [-0.2, 0) is 0 Å². The summed E-state index contributed by atoms with van der Waals surface area (Å²) in [7, 11) is 0. The summed E-state index contributed by atoms with van der Waals surface area (Å²) >= 11 is 0. The summed E-state index contributed by atoms with van der Waals surface area (Å²) in [6.07, 6.45) is 14.1. The number of H-pyrrole nitrogens is 1. The molecule has 0 bridgehead atoms.